The van der Waals surface area contributed by atoms with Crippen molar-refractivity contribution in [1.82, 2.24) is 4.57 Å². The molecule has 0 unspecified atom stereocenters. The van der Waals surface area contributed by atoms with Crippen molar-refractivity contribution in [3.63, 3.8) is 0 Å². The van der Waals surface area contributed by atoms with E-state index >= 15 is 0 Å². The van der Waals surface area contributed by atoms with Crippen LogP contribution in [0.1, 0.15) is 57.6 Å². The van der Waals surface area contributed by atoms with E-state index < -0.39 is 5.97 Å². The molecule has 1 heterocycles. The number of carbonyl (C=O) groups is 1. The Balaban J connectivity index is 0. The lowest BCUT2D eigenvalue weighted by Crippen LogP contribution is -2.03. The van der Waals surface area contributed by atoms with Crippen LogP contribution in [-0.2, 0) is 7.05 Å². The van der Waals surface area contributed by atoms with E-state index in [1.54, 1.807) is 17.7 Å². The van der Waals surface area contributed by atoms with Gasteiger partial charge in [0.05, 0.1) is 0 Å². The number of hydrogen-bond donors (Lipinski definition) is 1. The van der Waals surface area contributed by atoms with Crippen molar-refractivity contribution in [3.8, 4) is 0 Å². The molecule has 0 atom stereocenters. The molecule has 1 N–H and O–H groups in total. The molecule has 0 bridgehead atoms. The van der Waals surface area contributed by atoms with Crippen molar-refractivity contribution in [1.29, 1.82) is 0 Å². The maximum absolute atomic E-state index is 10.9. The molecule has 1 aromatic heterocycles. The quantitative estimate of drug-likeness (QED) is 0.773. The summed E-state index contributed by atoms with van der Waals surface area (Å²) in [5.41, 5.74) is 2.42. The van der Waals surface area contributed by atoms with Crippen LogP contribution < -0.4 is 0 Å². The van der Waals surface area contributed by atoms with Gasteiger partial charge in [0.1, 0.15) is 5.69 Å². The Bertz CT molecular complexity index is 513. The summed E-state index contributed by atoms with van der Waals surface area (Å²) in [5.74, 6) is -0.888. The van der Waals surface area contributed by atoms with Crippen molar-refractivity contribution in [2.24, 2.45) is 7.05 Å². The number of rotatable bonds is 1. The Morgan fingerprint density at radius 3 is 1.95 bits per heavy atom. The van der Waals surface area contributed by atoms with E-state index in [4.69, 9.17) is 5.11 Å². The van der Waals surface area contributed by atoms with Crippen molar-refractivity contribution in [2.45, 2.75) is 48.5 Å². The van der Waals surface area contributed by atoms with E-state index in [1.165, 1.54) is 0 Å². The molecule has 3 nitrogen and oxygen atoms in total. The lowest BCUT2D eigenvalue weighted by molar-refractivity contribution is 0.0687. The molecule has 2 aromatic rings. The lowest BCUT2D eigenvalue weighted by Gasteiger charge is -1.98. The molecule has 2 rings (SSSR count). The number of benzene rings is 1. The van der Waals surface area contributed by atoms with Crippen LogP contribution in [-0.4, -0.2) is 15.6 Å². The number of fused-ring (bicyclic) bond motifs is 1. The zero-order valence-corrected chi connectivity index (χ0v) is 14.1. The third kappa shape index (κ3) is 5.08. The standard InChI is InChI=1S/C11H11NO2.3C2H6/c1-7-3-4-9-8(5-7)6-10(11(13)14)12(9)2;3*1-2/h3-6H,1-2H3,(H,13,14);3*1-2H3. The van der Waals surface area contributed by atoms with Gasteiger partial charge in [-0.15, -0.1) is 0 Å². The van der Waals surface area contributed by atoms with E-state index in [-0.39, 0.29) is 0 Å². The Hall–Kier alpha value is -1.77. The Morgan fingerprint density at radius 2 is 1.50 bits per heavy atom. The first-order valence-electron chi connectivity index (χ1n) is 7.39. The highest BCUT2D eigenvalue weighted by molar-refractivity contribution is 5.94. The van der Waals surface area contributed by atoms with Crippen molar-refractivity contribution >= 4 is 16.9 Å². The largest absolute Gasteiger partial charge is 0.477 e. The highest BCUT2D eigenvalue weighted by atomic mass is 16.4. The van der Waals surface area contributed by atoms with Gasteiger partial charge >= 0.3 is 5.97 Å². The van der Waals surface area contributed by atoms with Gasteiger partial charge in [0.2, 0.25) is 0 Å². The molecule has 0 aliphatic rings. The number of nitrogens with zero attached hydrogens (tertiary/aromatic N) is 1. The molecule has 0 radical (unpaired) electrons. The number of carboxylic acids is 1. The highest BCUT2D eigenvalue weighted by Gasteiger charge is 2.10. The summed E-state index contributed by atoms with van der Waals surface area (Å²) in [7, 11) is 1.76. The third-order valence-corrected chi connectivity index (χ3v) is 2.42. The van der Waals surface area contributed by atoms with Gasteiger partial charge in [-0.3, -0.25) is 0 Å². The first-order valence-corrected chi connectivity index (χ1v) is 7.39. The van der Waals surface area contributed by atoms with E-state index in [2.05, 4.69) is 0 Å². The van der Waals surface area contributed by atoms with Gasteiger partial charge in [-0.05, 0) is 25.1 Å². The second-order valence-corrected chi connectivity index (χ2v) is 3.46. The number of aromatic carboxylic acids is 1. The lowest BCUT2D eigenvalue weighted by atomic mass is 10.2. The topological polar surface area (TPSA) is 42.2 Å². The minimum Gasteiger partial charge on any atom is -0.477 e. The van der Waals surface area contributed by atoms with Gasteiger partial charge < -0.3 is 9.67 Å². The second kappa shape index (κ2) is 11.1. The SMILES string of the molecule is CC.CC.CC.Cc1ccc2c(c1)cc(C(=O)O)n2C. The van der Waals surface area contributed by atoms with E-state index in [1.807, 2.05) is 66.7 Å². The van der Waals surface area contributed by atoms with Crippen LogP contribution >= 0.6 is 0 Å². The van der Waals surface area contributed by atoms with E-state index in [0.29, 0.717) is 5.69 Å². The van der Waals surface area contributed by atoms with E-state index in [0.717, 1.165) is 16.5 Å². The first-order chi connectivity index (χ1) is 9.59. The summed E-state index contributed by atoms with van der Waals surface area (Å²) in [6.45, 7) is 14.0. The predicted octanol–water partition coefficient (Wildman–Crippen LogP) is 5.26. The molecular weight excluding hydrogens is 250 g/mol. The third-order valence-electron chi connectivity index (χ3n) is 2.42. The summed E-state index contributed by atoms with van der Waals surface area (Å²) < 4.78 is 1.69. The summed E-state index contributed by atoms with van der Waals surface area (Å²) in [5, 5.41) is 9.89. The Morgan fingerprint density at radius 1 is 1.00 bits per heavy atom. The fraction of sp³-hybridized carbons (Fsp3) is 0.471. The number of aromatic nitrogens is 1. The molecule has 0 amide bonds. The zero-order chi connectivity index (χ0) is 16.3. The normalized spacial score (nSPS) is 8.40. The molecule has 0 saturated carbocycles. The summed E-state index contributed by atoms with van der Waals surface area (Å²) in [6.07, 6.45) is 0. The zero-order valence-electron chi connectivity index (χ0n) is 14.1. The molecule has 0 saturated heterocycles. The van der Waals surface area contributed by atoms with Gasteiger partial charge in [0.25, 0.3) is 0 Å². The maximum Gasteiger partial charge on any atom is 0.352 e. The van der Waals surface area contributed by atoms with Crippen molar-refractivity contribution in [3.05, 3.63) is 35.5 Å². The molecule has 0 aliphatic carbocycles. The van der Waals surface area contributed by atoms with Crippen molar-refractivity contribution in [2.75, 3.05) is 0 Å². The summed E-state index contributed by atoms with van der Waals surface area (Å²) in [6, 6.07) is 7.61. The molecular formula is C17H29NO2. The molecule has 0 spiro atoms. The molecule has 1 aromatic carbocycles. The summed E-state index contributed by atoms with van der Waals surface area (Å²) >= 11 is 0. The van der Waals surface area contributed by atoms with Crippen LogP contribution in [0.25, 0.3) is 10.9 Å². The van der Waals surface area contributed by atoms with Gasteiger partial charge in [0.15, 0.2) is 0 Å². The van der Waals surface area contributed by atoms with Crippen LogP contribution in [0, 0.1) is 6.92 Å². The van der Waals surface area contributed by atoms with Crippen LogP contribution in [0.15, 0.2) is 24.3 Å². The monoisotopic (exact) mass is 279 g/mol. The van der Waals surface area contributed by atoms with Gasteiger partial charge in [-0.2, -0.15) is 0 Å². The van der Waals surface area contributed by atoms with Crippen LogP contribution in [0.4, 0.5) is 0 Å². The fourth-order valence-electron chi connectivity index (χ4n) is 1.67. The van der Waals surface area contributed by atoms with Crippen LogP contribution in [0.2, 0.25) is 0 Å². The number of hydrogen-bond acceptors (Lipinski definition) is 1. The van der Waals surface area contributed by atoms with Gasteiger partial charge in [0, 0.05) is 18.0 Å². The number of carboxylic acid groups (broad SMARTS) is 1. The Kier molecular flexibility index (Phi) is 11.4. The predicted molar refractivity (Wildman–Crippen MR) is 88.7 cm³/mol. The fourth-order valence-corrected chi connectivity index (χ4v) is 1.67. The van der Waals surface area contributed by atoms with Crippen molar-refractivity contribution < 1.29 is 9.90 Å². The van der Waals surface area contributed by atoms with Crippen LogP contribution in [0.3, 0.4) is 0 Å². The molecule has 0 fully saturated rings. The average Bonchev–Trinajstić information content (AvgIpc) is 2.82. The molecule has 114 valence electrons. The highest BCUT2D eigenvalue weighted by Crippen LogP contribution is 2.19. The molecule has 0 aliphatic heterocycles. The smallest absolute Gasteiger partial charge is 0.352 e. The summed E-state index contributed by atoms with van der Waals surface area (Å²) in [4.78, 5) is 10.9. The Labute approximate surface area is 123 Å². The second-order valence-electron chi connectivity index (χ2n) is 3.46. The maximum atomic E-state index is 10.9. The number of aryl methyl sites for hydroxylation is 2. The van der Waals surface area contributed by atoms with Crippen LogP contribution in [0.5, 0.6) is 0 Å². The molecule has 3 heteroatoms. The van der Waals surface area contributed by atoms with Gasteiger partial charge in [-0.1, -0.05) is 53.2 Å². The van der Waals surface area contributed by atoms with Gasteiger partial charge in [-0.25, -0.2) is 4.79 Å². The minimum absolute atomic E-state index is 0.325. The van der Waals surface area contributed by atoms with E-state index in [9.17, 15) is 4.79 Å². The molecule has 20 heavy (non-hydrogen) atoms. The first kappa shape index (κ1) is 20.5. The minimum atomic E-state index is -0.888. The average molecular weight is 279 g/mol.